The number of amides is 2. The molecule has 1 aromatic rings. The molecular weight excluding hydrogens is 302 g/mol. The average molecular weight is 321 g/mol. The number of hydrogen-bond acceptors (Lipinski definition) is 5. The van der Waals surface area contributed by atoms with E-state index in [2.05, 4.69) is 24.3 Å². The summed E-state index contributed by atoms with van der Waals surface area (Å²) in [7, 11) is 0. The van der Waals surface area contributed by atoms with Crippen LogP contribution >= 0.6 is 11.8 Å². The van der Waals surface area contributed by atoms with Crippen molar-refractivity contribution in [1.82, 2.24) is 4.90 Å². The molecule has 2 aliphatic rings. The molecule has 5 nitrogen and oxygen atoms in total. The lowest BCUT2D eigenvalue weighted by atomic mass is 10.0. The van der Waals surface area contributed by atoms with Crippen molar-refractivity contribution < 1.29 is 19.1 Å². The Hall–Kier alpha value is -1.53. The summed E-state index contributed by atoms with van der Waals surface area (Å²) in [4.78, 5) is 25.9. The Morgan fingerprint density at radius 2 is 2.00 bits per heavy atom. The van der Waals surface area contributed by atoms with Crippen molar-refractivity contribution in [3.8, 4) is 0 Å². The third-order valence-corrected chi connectivity index (χ3v) is 5.15. The van der Waals surface area contributed by atoms with Crippen molar-refractivity contribution >= 4 is 23.8 Å². The number of carbonyl (C=O) groups excluding carboxylic acids is 2. The van der Waals surface area contributed by atoms with E-state index in [4.69, 9.17) is 9.47 Å². The van der Waals surface area contributed by atoms with Gasteiger partial charge in [-0.2, -0.15) is 0 Å². The van der Waals surface area contributed by atoms with E-state index >= 15 is 0 Å². The SMILES string of the molecule is CC(=O)N1C(=O)O[C@@H]2[C@H](C)O[C@@H](Sc3ccc(C)cc3)C[C@@H]21. The van der Waals surface area contributed by atoms with E-state index in [9.17, 15) is 9.59 Å². The molecule has 1 aromatic carbocycles. The Morgan fingerprint density at radius 1 is 1.32 bits per heavy atom. The molecule has 118 valence electrons. The van der Waals surface area contributed by atoms with Crippen molar-refractivity contribution in [2.24, 2.45) is 0 Å². The third-order valence-electron chi connectivity index (χ3n) is 4.04. The fourth-order valence-electron chi connectivity index (χ4n) is 2.96. The Morgan fingerprint density at radius 3 is 2.64 bits per heavy atom. The van der Waals surface area contributed by atoms with Gasteiger partial charge in [0.05, 0.1) is 12.1 Å². The maximum absolute atomic E-state index is 11.9. The lowest BCUT2D eigenvalue weighted by molar-refractivity contribution is -0.129. The Bertz CT molecular complexity index is 588. The molecule has 0 radical (unpaired) electrons. The number of nitrogens with zero attached hydrogens (tertiary/aromatic N) is 1. The number of thioether (sulfide) groups is 1. The molecule has 2 amide bonds. The molecule has 22 heavy (non-hydrogen) atoms. The highest BCUT2D eigenvalue weighted by Crippen LogP contribution is 2.38. The molecule has 0 saturated carbocycles. The van der Waals surface area contributed by atoms with Gasteiger partial charge >= 0.3 is 6.09 Å². The van der Waals surface area contributed by atoms with E-state index in [0.717, 1.165) is 4.90 Å². The monoisotopic (exact) mass is 321 g/mol. The minimum absolute atomic E-state index is 0.102. The second-order valence-electron chi connectivity index (χ2n) is 5.74. The number of benzene rings is 1. The Balaban J connectivity index is 1.75. The molecule has 0 N–H and O–H groups in total. The molecule has 3 rings (SSSR count). The van der Waals surface area contributed by atoms with E-state index in [0.29, 0.717) is 6.42 Å². The van der Waals surface area contributed by atoms with E-state index < -0.39 is 6.09 Å². The van der Waals surface area contributed by atoms with Crippen LogP contribution in [0.1, 0.15) is 25.8 Å². The second kappa shape index (κ2) is 5.93. The van der Waals surface area contributed by atoms with Crippen LogP contribution in [-0.2, 0) is 14.3 Å². The second-order valence-corrected chi connectivity index (χ2v) is 6.97. The summed E-state index contributed by atoms with van der Waals surface area (Å²) in [6.45, 7) is 5.33. The average Bonchev–Trinajstić information content (AvgIpc) is 2.78. The first-order valence-electron chi connectivity index (χ1n) is 7.35. The van der Waals surface area contributed by atoms with E-state index in [1.807, 2.05) is 13.8 Å². The van der Waals surface area contributed by atoms with Crippen molar-refractivity contribution in [1.29, 1.82) is 0 Å². The summed E-state index contributed by atoms with van der Waals surface area (Å²) in [5.41, 5.74) is 1.11. The number of ether oxygens (including phenoxy) is 2. The number of carbonyl (C=O) groups is 2. The van der Waals surface area contributed by atoms with Gasteiger partial charge in [0.15, 0.2) is 6.10 Å². The van der Waals surface area contributed by atoms with Crippen LogP contribution < -0.4 is 0 Å². The highest BCUT2D eigenvalue weighted by molar-refractivity contribution is 7.99. The Kier molecular flexibility index (Phi) is 4.14. The van der Waals surface area contributed by atoms with Crippen LogP contribution in [0.3, 0.4) is 0 Å². The summed E-state index contributed by atoms with van der Waals surface area (Å²) in [6, 6.07) is 7.98. The van der Waals surface area contributed by atoms with Gasteiger partial charge in [-0.1, -0.05) is 29.5 Å². The minimum Gasteiger partial charge on any atom is -0.441 e. The van der Waals surface area contributed by atoms with Gasteiger partial charge in [-0.3, -0.25) is 4.79 Å². The van der Waals surface area contributed by atoms with Gasteiger partial charge in [-0.15, -0.1) is 0 Å². The number of hydrogen-bond donors (Lipinski definition) is 0. The summed E-state index contributed by atoms with van der Waals surface area (Å²) in [6.07, 6.45) is -0.570. The zero-order valence-corrected chi connectivity index (χ0v) is 13.6. The lowest BCUT2D eigenvalue weighted by Crippen LogP contribution is -2.50. The summed E-state index contributed by atoms with van der Waals surface area (Å²) in [5.74, 6) is -0.273. The molecule has 0 spiro atoms. The maximum atomic E-state index is 11.9. The fraction of sp³-hybridized carbons (Fsp3) is 0.500. The first kappa shape index (κ1) is 15.4. The molecule has 6 heteroatoms. The smallest absolute Gasteiger partial charge is 0.417 e. The first-order valence-corrected chi connectivity index (χ1v) is 8.23. The van der Waals surface area contributed by atoms with Gasteiger partial charge in [0, 0.05) is 18.2 Å². The van der Waals surface area contributed by atoms with Crippen LogP contribution in [0.25, 0.3) is 0 Å². The molecule has 0 aromatic heterocycles. The molecule has 0 unspecified atom stereocenters. The van der Waals surface area contributed by atoms with Crippen LogP contribution in [0.5, 0.6) is 0 Å². The largest absolute Gasteiger partial charge is 0.441 e. The highest BCUT2D eigenvalue weighted by atomic mass is 32.2. The van der Waals surface area contributed by atoms with Gasteiger partial charge < -0.3 is 9.47 Å². The van der Waals surface area contributed by atoms with Gasteiger partial charge in [0.25, 0.3) is 0 Å². The van der Waals surface area contributed by atoms with Gasteiger partial charge in [0.1, 0.15) is 5.44 Å². The summed E-state index contributed by atoms with van der Waals surface area (Å²) >= 11 is 1.61. The molecule has 0 aliphatic carbocycles. The zero-order chi connectivity index (χ0) is 15.9. The predicted molar refractivity (Wildman–Crippen MR) is 82.6 cm³/mol. The standard InChI is InChI=1S/C16H19NO4S/c1-9-4-6-12(7-5-9)22-14-8-13-15(10(2)20-14)21-16(19)17(13)11(3)18/h4-7,10,13-15H,8H2,1-3H3/t10-,13-,14-,15+/m0/s1. The van der Waals surface area contributed by atoms with Crippen molar-refractivity contribution in [3.05, 3.63) is 29.8 Å². The van der Waals surface area contributed by atoms with E-state index in [-0.39, 0.29) is 29.6 Å². The molecule has 2 saturated heterocycles. The Labute approximate surface area is 134 Å². The molecule has 4 atom stereocenters. The molecule has 2 aliphatic heterocycles. The van der Waals surface area contributed by atoms with Crippen LogP contribution in [0, 0.1) is 6.92 Å². The molecular formula is C16H19NO4S. The van der Waals surface area contributed by atoms with Gasteiger partial charge in [0.2, 0.25) is 5.91 Å². The zero-order valence-electron chi connectivity index (χ0n) is 12.8. The molecule has 2 fully saturated rings. The van der Waals surface area contributed by atoms with Gasteiger partial charge in [-0.05, 0) is 26.0 Å². The number of rotatable bonds is 2. The lowest BCUT2D eigenvalue weighted by Gasteiger charge is -2.36. The van der Waals surface area contributed by atoms with E-state index in [1.165, 1.54) is 17.4 Å². The summed E-state index contributed by atoms with van der Waals surface area (Å²) < 4.78 is 11.3. The number of aryl methyl sites for hydroxylation is 1. The molecule has 2 heterocycles. The van der Waals surface area contributed by atoms with E-state index in [1.54, 1.807) is 11.8 Å². The first-order chi connectivity index (χ1) is 10.5. The van der Waals surface area contributed by atoms with Gasteiger partial charge in [-0.25, -0.2) is 9.69 Å². The minimum atomic E-state index is -0.557. The van der Waals surface area contributed by atoms with Crippen LogP contribution in [0.2, 0.25) is 0 Å². The summed E-state index contributed by atoms with van der Waals surface area (Å²) in [5, 5.41) is 0. The van der Waals surface area contributed by atoms with Crippen LogP contribution in [0.4, 0.5) is 4.79 Å². The van der Waals surface area contributed by atoms with Crippen molar-refractivity contribution in [2.75, 3.05) is 0 Å². The van der Waals surface area contributed by atoms with Crippen LogP contribution in [-0.4, -0.2) is 40.6 Å². The maximum Gasteiger partial charge on any atom is 0.417 e. The fourth-order valence-corrected chi connectivity index (χ4v) is 4.08. The van der Waals surface area contributed by atoms with Crippen molar-refractivity contribution in [2.45, 2.75) is 55.8 Å². The number of imide groups is 1. The quantitative estimate of drug-likeness (QED) is 0.838. The topological polar surface area (TPSA) is 55.8 Å². The predicted octanol–water partition coefficient (Wildman–Crippen LogP) is 2.96. The molecule has 0 bridgehead atoms. The third kappa shape index (κ3) is 2.85. The van der Waals surface area contributed by atoms with Crippen LogP contribution in [0.15, 0.2) is 29.2 Å². The normalized spacial score (nSPS) is 30.9. The van der Waals surface area contributed by atoms with Crippen molar-refractivity contribution in [3.63, 3.8) is 0 Å². The highest BCUT2D eigenvalue weighted by Gasteiger charge is 2.51. The number of fused-ring (bicyclic) bond motifs is 1.